The van der Waals surface area contributed by atoms with Crippen LogP contribution in [0.2, 0.25) is 0 Å². The maximum absolute atomic E-state index is 9.23. The van der Waals surface area contributed by atoms with Crippen LogP contribution in [0.1, 0.15) is 6.23 Å². The largest absolute Gasteiger partial charge is 0.394 e. The van der Waals surface area contributed by atoms with Gasteiger partial charge in [0.25, 0.3) is 0 Å². The Morgan fingerprint density at radius 1 is 1.26 bits per heavy atom. The molecule has 2 aliphatic rings. The van der Waals surface area contributed by atoms with Crippen molar-refractivity contribution in [2.75, 3.05) is 12.3 Å². The average Bonchev–Trinajstić information content (AvgIpc) is 2.89. The molecule has 1 unspecified atom stereocenters. The first-order valence-corrected chi connectivity index (χ1v) is 5.81. The highest BCUT2D eigenvalue weighted by atomic mass is 17.3. The van der Waals surface area contributed by atoms with Crippen molar-refractivity contribution in [3.63, 3.8) is 0 Å². The van der Waals surface area contributed by atoms with Crippen LogP contribution >= 0.6 is 0 Å². The number of nitrogen functional groups attached to an aromatic ring is 1. The van der Waals surface area contributed by atoms with Crippen LogP contribution in [-0.4, -0.2) is 49.5 Å². The molecule has 0 aromatic carbocycles. The molecule has 0 bridgehead atoms. The minimum absolute atomic E-state index is 0.134. The third kappa shape index (κ3) is 1.40. The molecule has 100 valence electrons. The van der Waals surface area contributed by atoms with E-state index in [1.807, 2.05) is 0 Å². The lowest BCUT2D eigenvalue weighted by Gasteiger charge is -2.31. The van der Waals surface area contributed by atoms with Gasteiger partial charge in [-0.3, -0.25) is 4.57 Å². The minimum Gasteiger partial charge on any atom is -0.394 e. The SMILES string of the molecule is Nc1ncnc2c1ncn2[C@@H]1O[C@H](CO)C2OO[C@@H]21. The molecule has 2 aromatic heterocycles. The topological polar surface area (TPSA) is 118 Å². The average molecular weight is 265 g/mol. The molecule has 2 fully saturated rings. The molecule has 4 heterocycles. The second kappa shape index (κ2) is 3.84. The number of aromatic nitrogens is 4. The van der Waals surface area contributed by atoms with Crippen LogP contribution in [-0.2, 0) is 14.5 Å². The first kappa shape index (κ1) is 11.1. The Kier molecular flexibility index (Phi) is 2.23. The molecule has 0 aliphatic carbocycles. The number of nitrogens with zero attached hydrogens (tertiary/aromatic N) is 4. The molecular formula is C10H11N5O4. The maximum atomic E-state index is 9.23. The summed E-state index contributed by atoms with van der Waals surface area (Å²) in [6, 6.07) is 0. The molecule has 0 spiro atoms. The van der Waals surface area contributed by atoms with E-state index in [1.165, 1.54) is 6.33 Å². The van der Waals surface area contributed by atoms with Gasteiger partial charge in [0.2, 0.25) is 0 Å². The fourth-order valence-corrected chi connectivity index (χ4v) is 2.43. The number of ether oxygens (including phenoxy) is 1. The van der Waals surface area contributed by atoms with Crippen LogP contribution in [0.5, 0.6) is 0 Å². The van der Waals surface area contributed by atoms with Gasteiger partial charge in [0.1, 0.15) is 17.9 Å². The highest BCUT2D eigenvalue weighted by Gasteiger charge is 2.55. The molecule has 2 aromatic rings. The van der Waals surface area contributed by atoms with E-state index in [4.69, 9.17) is 20.2 Å². The van der Waals surface area contributed by atoms with Gasteiger partial charge in [-0.25, -0.2) is 24.7 Å². The predicted molar refractivity (Wildman–Crippen MR) is 60.5 cm³/mol. The summed E-state index contributed by atoms with van der Waals surface area (Å²) in [6.07, 6.45) is 1.51. The molecule has 0 amide bonds. The lowest BCUT2D eigenvalue weighted by Crippen LogP contribution is -2.47. The molecular weight excluding hydrogens is 254 g/mol. The monoisotopic (exact) mass is 265 g/mol. The first-order valence-electron chi connectivity index (χ1n) is 5.81. The van der Waals surface area contributed by atoms with Crippen molar-refractivity contribution in [2.24, 2.45) is 0 Å². The summed E-state index contributed by atoms with van der Waals surface area (Å²) in [7, 11) is 0. The molecule has 4 atom stereocenters. The van der Waals surface area contributed by atoms with E-state index in [9.17, 15) is 5.11 Å². The molecule has 9 heteroatoms. The van der Waals surface area contributed by atoms with Crippen molar-refractivity contribution in [3.8, 4) is 0 Å². The Morgan fingerprint density at radius 2 is 2.11 bits per heavy atom. The van der Waals surface area contributed by atoms with Gasteiger partial charge in [0, 0.05) is 0 Å². The second-order valence-electron chi connectivity index (χ2n) is 4.45. The number of aliphatic hydroxyl groups excluding tert-OH is 1. The van der Waals surface area contributed by atoms with Crippen LogP contribution in [0.25, 0.3) is 11.2 Å². The van der Waals surface area contributed by atoms with E-state index >= 15 is 0 Å². The van der Waals surface area contributed by atoms with E-state index in [1.54, 1.807) is 10.9 Å². The van der Waals surface area contributed by atoms with Gasteiger partial charge in [-0.2, -0.15) is 0 Å². The fourth-order valence-electron chi connectivity index (χ4n) is 2.43. The maximum Gasteiger partial charge on any atom is 0.170 e. The van der Waals surface area contributed by atoms with Crippen LogP contribution in [0.3, 0.4) is 0 Å². The zero-order valence-corrected chi connectivity index (χ0v) is 9.71. The summed E-state index contributed by atoms with van der Waals surface area (Å²) in [5.41, 5.74) is 6.80. The molecule has 0 saturated carbocycles. The predicted octanol–water partition coefficient (Wildman–Crippen LogP) is -1.00. The van der Waals surface area contributed by atoms with Gasteiger partial charge < -0.3 is 15.6 Å². The van der Waals surface area contributed by atoms with Crippen LogP contribution in [0.4, 0.5) is 5.82 Å². The molecule has 3 N–H and O–H groups in total. The lowest BCUT2D eigenvalue weighted by atomic mass is 10.1. The Morgan fingerprint density at radius 3 is 2.79 bits per heavy atom. The quantitative estimate of drug-likeness (QED) is 0.664. The zero-order chi connectivity index (χ0) is 13.0. The summed E-state index contributed by atoms with van der Waals surface area (Å²) in [5, 5.41) is 9.23. The molecule has 19 heavy (non-hydrogen) atoms. The zero-order valence-electron chi connectivity index (χ0n) is 9.71. The van der Waals surface area contributed by atoms with Crippen molar-refractivity contribution >= 4 is 17.0 Å². The van der Waals surface area contributed by atoms with Gasteiger partial charge in [0.05, 0.1) is 12.9 Å². The Balaban J connectivity index is 1.77. The number of rotatable bonds is 2. The Bertz CT molecular complexity index is 629. The fraction of sp³-hybridized carbons (Fsp3) is 0.500. The van der Waals surface area contributed by atoms with E-state index in [-0.39, 0.29) is 18.8 Å². The van der Waals surface area contributed by atoms with E-state index in [2.05, 4.69) is 15.0 Å². The van der Waals surface area contributed by atoms with E-state index < -0.39 is 12.3 Å². The highest BCUT2D eigenvalue weighted by molar-refractivity contribution is 5.81. The number of imidazole rings is 1. The second-order valence-corrected chi connectivity index (χ2v) is 4.45. The number of fused-ring (bicyclic) bond motifs is 2. The normalized spacial score (nSPS) is 33.3. The Labute approximate surface area is 106 Å². The van der Waals surface area contributed by atoms with Crippen LogP contribution in [0.15, 0.2) is 12.7 Å². The van der Waals surface area contributed by atoms with Gasteiger partial charge >= 0.3 is 0 Å². The summed E-state index contributed by atoms with van der Waals surface area (Å²) in [5.74, 6) is 0.308. The van der Waals surface area contributed by atoms with Crippen molar-refractivity contribution in [1.29, 1.82) is 0 Å². The van der Waals surface area contributed by atoms with Crippen molar-refractivity contribution in [1.82, 2.24) is 19.5 Å². The van der Waals surface area contributed by atoms with Gasteiger partial charge in [-0.1, -0.05) is 0 Å². The number of hydrogen-bond donors (Lipinski definition) is 2. The number of aliphatic hydroxyl groups is 1. The molecule has 9 nitrogen and oxygen atoms in total. The van der Waals surface area contributed by atoms with Gasteiger partial charge in [-0.05, 0) is 0 Å². The molecule has 2 saturated heterocycles. The lowest BCUT2D eigenvalue weighted by molar-refractivity contribution is -0.462. The number of nitrogens with two attached hydrogens (primary N) is 1. The van der Waals surface area contributed by atoms with Gasteiger partial charge in [0.15, 0.2) is 29.9 Å². The summed E-state index contributed by atoms with van der Waals surface area (Å²) < 4.78 is 7.42. The third-order valence-corrected chi connectivity index (χ3v) is 3.40. The van der Waals surface area contributed by atoms with Gasteiger partial charge in [-0.15, -0.1) is 0 Å². The smallest absolute Gasteiger partial charge is 0.170 e. The molecule has 2 aliphatic heterocycles. The van der Waals surface area contributed by atoms with Crippen LogP contribution < -0.4 is 5.73 Å². The first-order chi connectivity index (χ1) is 9.29. The minimum atomic E-state index is -0.449. The highest BCUT2D eigenvalue weighted by Crippen LogP contribution is 2.40. The molecule has 4 rings (SSSR count). The van der Waals surface area contributed by atoms with Crippen molar-refractivity contribution in [3.05, 3.63) is 12.7 Å². The summed E-state index contributed by atoms with van der Waals surface area (Å²) in [4.78, 5) is 22.2. The van der Waals surface area contributed by atoms with Crippen LogP contribution in [0, 0.1) is 0 Å². The standard InChI is InChI=1S/C10H11N5O4/c11-8-5-9(13-2-12-8)15(3-14-5)10-7-6(18-19-7)4(1-16)17-10/h2-4,6-7,10,16H,1H2,(H2,11,12,13)/t4-,6?,7+,10-/m1/s1. The van der Waals surface area contributed by atoms with Crippen molar-refractivity contribution < 1.29 is 19.6 Å². The molecule has 0 radical (unpaired) electrons. The number of anilines is 1. The number of hydrogen-bond acceptors (Lipinski definition) is 8. The Hall–Kier alpha value is -1.81. The van der Waals surface area contributed by atoms with E-state index in [0.717, 1.165) is 0 Å². The van der Waals surface area contributed by atoms with E-state index in [0.29, 0.717) is 17.0 Å². The van der Waals surface area contributed by atoms with Crippen molar-refractivity contribution in [2.45, 2.75) is 24.5 Å². The summed E-state index contributed by atoms with van der Waals surface area (Å²) >= 11 is 0. The third-order valence-electron chi connectivity index (χ3n) is 3.40. The summed E-state index contributed by atoms with van der Waals surface area (Å²) in [6.45, 7) is -0.134.